The molecule has 1 fully saturated rings. The molecule has 1 heterocycles. The summed E-state index contributed by atoms with van der Waals surface area (Å²) in [5.74, 6) is 2.44. The number of nitrogens with one attached hydrogen (secondary N) is 1. The molecule has 1 N–H and O–H groups in total. The number of methoxy groups -OCH3 is 1. The largest absolute Gasteiger partial charge is 0.469 e. The summed E-state index contributed by atoms with van der Waals surface area (Å²) in [4.78, 5) is 25.3. The predicted molar refractivity (Wildman–Crippen MR) is 76.9 cm³/mol. The number of unbranched alkanes of at least 4 members (excludes halogenated alkanes) is 2. The molecule has 112 valence electrons. The van der Waals surface area contributed by atoms with E-state index in [1.54, 1.807) is 4.90 Å². The molecule has 0 aromatic heterocycles. The quantitative estimate of drug-likeness (QED) is 0.473. The van der Waals surface area contributed by atoms with Crippen LogP contribution in [0.5, 0.6) is 0 Å². The van der Waals surface area contributed by atoms with Gasteiger partial charge < -0.3 is 15.0 Å². The van der Waals surface area contributed by atoms with Crippen LogP contribution in [-0.2, 0) is 9.53 Å². The van der Waals surface area contributed by atoms with E-state index in [1.165, 1.54) is 7.11 Å². The molecule has 0 spiro atoms. The van der Waals surface area contributed by atoms with Crippen molar-refractivity contribution in [3.8, 4) is 12.3 Å². The molecule has 1 saturated heterocycles. The van der Waals surface area contributed by atoms with Gasteiger partial charge in [-0.3, -0.25) is 4.79 Å². The summed E-state index contributed by atoms with van der Waals surface area (Å²) in [7, 11) is 1.41. The minimum atomic E-state index is -0.174. The number of likely N-dealkylation sites (tertiary alicyclic amines) is 1. The number of nitrogens with zero attached hydrogens (tertiary/aromatic N) is 1. The Morgan fingerprint density at radius 3 is 2.80 bits per heavy atom. The number of terminal acetylenes is 1. The number of hydrogen-bond donors (Lipinski definition) is 1. The summed E-state index contributed by atoms with van der Waals surface area (Å²) >= 11 is 0. The van der Waals surface area contributed by atoms with E-state index in [4.69, 9.17) is 11.2 Å². The molecule has 2 amide bonds. The third-order valence-corrected chi connectivity index (χ3v) is 3.72. The van der Waals surface area contributed by atoms with Gasteiger partial charge in [-0.15, -0.1) is 12.3 Å². The molecule has 1 aliphatic heterocycles. The van der Waals surface area contributed by atoms with Crippen LogP contribution >= 0.6 is 0 Å². The summed E-state index contributed by atoms with van der Waals surface area (Å²) in [6, 6.07) is -0.0547. The Hall–Kier alpha value is -1.70. The Kier molecular flexibility index (Phi) is 6.92. The molecule has 0 aromatic rings. The maximum atomic E-state index is 12.0. The van der Waals surface area contributed by atoms with Crippen LogP contribution in [0.4, 0.5) is 4.79 Å². The fraction of sp³-hybridized carbons (Fsp3) is 0.733. The fourth-order valence-corrected chi connectivity index (χ4v) is 2.49. The highest BCUT2D eigenvalue weighted by Crippen LogP contribution is 2.24. The van der Waals surface area contributed by atoms with Gasteiger partial charge >= 0.3 is 12.0 Å². The van der Waals surface area contributed by atoms with Crippen molar-refractivity contribution in [2.75, 3.05) is 26.7 Å². The standard InChI is InChI=1S/C15H24N2O3/c1-4-5-6-7-9-16-15(19)17-10-8-13(12(2)11-17)14(18)20-3/h1,12-13H,5-11H2,2-3H3,(H,16,19)/t12-,13+/m1/s1. The molecule has 0 aromatic carbocycles. The van der Waals surface area contributed by atoms with Crippen molar-refractivity contribution < 1.29 is 14.3 Å². The second-order valence-corrected chi connectivity index (χ2v) is 5.23. The number of piperidine rings is 1. The molecule has 0 bridgehead atoms. The SMILES string of the molecule is C#CCCCCNC(=O)N1CC[C@H](C(=O)OC)[C@H](C)C1. The molecule has 1 aliphatic rings. The fourth-order valence-electron chi connectivity index (χ4n) is 2.49. The zero-order valence-electron chi connectivity index (χ0n) is 12.4. The number of carbonyl (C=O) groups excluding carboxylic acids is 2. The second-order valence-electron chi connectivity index (χ2n) is 5.23. The van der Waals surface area contributed by atoms with E-state index in [0.29, 0.717) is 26.1 Å². The Bertz CT molecular complexity index is 376. The minimum Gasteiger partial charge on any atom is -0.469 e. The molecular weight excluding hydrogens is 256 g/mol. The molecule has 5 nitrogen and oxygen atoms in total. The highest BCUT2D eigenvalue weighted by molar-refractivity contribution is 5.76. The van der Waals surface area contributed by atoms with Crippen LogP contribution in [0.2, 0.25) is 0 Å². The normalized spacial score (nSPS) is 21.9. The summed E-state index contributed by atoms with van der Waals surface area (Å²) in [6.45, 7) is 3.82. The van der Waals surface area contributed by atoms with E-state index < -0.39 is 0 Å². The number of urea groups is 1. The van der Waals surface area contributed by atoms with Crippen molar-refractivity contribution in [2.24, 2.45) is 11.8 Å². The van der Waals surface area contributed by atoms with Crippen molar-refractivity contribution in [1.82, 2.24) is 10.2 Å². The van der Waals surface area contributed by atoms with E-state index in [2.05, 4.69) is 11.2 Å². The first-order valence-corrected chi connectivity index (χ1v) is 7.14. The van der Waals surface area contributed by atoms with Gasteiger partial charge in [0.2, 0.25) is 0 Å². The van der Waals surface area contributed by atoms with E-state index in [-0.39, 0.29) is 23.8 Å². The van der Waals surface area contributed by atoms with Crippen molar-refractivity contribution >= 4 is 12.0 Å². The van der Waals surface area contributed by atoms with Crippen LogP contribution in [-0.4, -0.2) is 43.6 Å². The van der Waals surface area contributed by atoms with Gasteiger partial charge in [0.25, 0.3) is 0 Å². The number of ether oxygens (including phenoxy) is 1. The first-order valence-electron chi connectivity index (χ1n) is 7.14. The third kappa shape index (κ3) is 4.76. The van der Waals surface area contributed by atoms with Crippen molar-refractivity contribution in [1.29, 1.82) is 0 Å². The van der Waals surface area contributed by atoms with Crippen molar-refractivity contribution in [3.05, 3.63) is 0 Å². The van der Waals surface area contributed by atoms with Gasteiger partial charge in [-0.25, -0.2) is 4.79 Å². The molecule has 1 rings (SSSR count). The Morgan fingerprint density at radius 1 is 1.45 bits per heavy atom. The maximum Gasteiger partial charge on any atom is 0.317 e. The number of amides is 2. The van der Waals surface area contributed by atoms with Gasteiger partial charge in [0.1, 0.15) is 0 Å². The van der Waals surface area contributed by atoms with Crippen LogP contribution in [0.15, 0.2) is 0 Å². The molecule has 2 atom stereocenters. The van der Waals surface area contributed by atoms with Gasteiger partial charge in [-0.2, -0.15) is 0 Å². The van der Waals surface area contributed by atoms with Gasteiger partial charge in [0.05, 0.1) is 13.0 Å². The Labute approximate surface area is 121 Å². The maximum absolute atomic E-state index is 12.0. The number of carbonyl (C=O) groups is 2. The predicted octanol–water partition coefficient (Wildman–Crippen LogP) is 1.63. The molecule has 5 heteroatoms. The van der Waals surface area contributed by atoms with Crippen molar-refractivity contribution in [3.63, 3.8) is 0 Å². The lowest BCUT2D eigenvalue weighted by Crippen LogP contribution is -2.49. The minimum absolute atomic E-state index is 0.0547. The lowest BCUT2D eigenvalue weighted by atomic mass is 9.87. The van der Waals surface area contributed by atoms with E-state index in [1.807, 2.05) is 6.92 Å². The third-order valence-electron chi connectivity index (χ3n) is 3.72. The summed E-state index contributed by atoms with van der Waals surface area (Å²) in [6.07, 6.45) is 8.40. The molecule has 0 aliphatic carbocycles. The van der Waals surface area contributed by atoms with Crippen LogP contribution in [0, 0.1) is 24.2 Å². The van der Waals surface area contributed by atoms with Gasteiger partial charge in [-0.1, -0.05) is 6.92 Å². The summed E-state index contributed by atoms with van der Waals surface area (Å²) in [5, 5.41) is 2.89. The van der Waals surface area contributed by atoms with Crippen LogP contribution in [0.1, 0.15) is 32.6 Å². The highest BCUT2D eigenvalue weighted by atomic mass is 16.5. The first kappa shape index (κ1) is 16.4. The molecule has 0 saturated carbocycles. The van der Waals surface area contributed by atoms with Crippen molar-refractivity contribution in [2.45, 2.75) is 32.6 Å². The zero-order valence-corrected chi connectivity index (χ0v) is 12.4. The average molecular weight is 280 g/mol. The lowest BCUT2D eigenvalue weighted by Gasteiger charge is -2.35. The van der Waals surface area contributed by atoms with E-state index in [9.17, 15) is 9.59 Å². The Morgan fingerprint density at radius 2 is 2.20 bits per heavy atom. The summed E-state index contributed by atoms with van der Waals surface area (Å²) in [5.41, 5.74) is 0. The van der Waals surface area contributed by atoms with Gasteiger partial charge in [0, 0.05) is 26.1 Å². The monoisotopic (exact) mass is 280 g/mol. The van der Waals surface area contributed by atoms with Crippen LogP contribution in [0.3, 0.4) is 0 Å². The highest BCUT2D eigenvalue weighted by Gasteiger charge is 2.33. The van der Waals surface area contributed by atoms with Crippen LogP contribution in [0.25, 0.3) is 0 Å². The molecular formula is C15H24N2O3. The number of hydrogen-bond acceptors (Lipinski definition) is 3. The number of esters is 1. The second kappa shape index (κ2) is 8.47. The average Bonchev–Trinajstić information content (AvgIpc) is 2.46. The molecule has 20 heavy (non-hydrogen) atoms. The van der Waals surface area contributed by atoms with E-state index >= 15 is 0 Å². The molecule has 0 radical (unpaired) electrons. The van der Waals surface area contributed by atoms with E-state index in [0.717, 1.165) is 19.3 Å². The first-order chi connectivity index (χ1) is 9.60. The number of rotatable bonds is 5. The topological polar surface area (TPSA) is 58.6 Å². The smallest absolute Gasteiger partial charge is 0.317 e. The lowest BCUT2D eigenvalue weighted by molar-refractivity contribution is -0.148. The summed E-state index contributed by atoms with van der Waals surface area (Å²) < 4.78 is 4.78. The zero-order chi connectivity index (χ0) is 15.0. The van der Waals surface area contributed by atoms with Gasteiger partial charge in [-0.05, 0) is 25.2 Å². The molecule has 0 unspecified atom stereocenters. The van der Waals surface area contributed by atoms with Gasteiger partial charge in [0.15, 0.2) is 0 Å². The Balaban J connectivity index is 2.30. The van der Waals surface area contributed by atoms with Crippen LogP contribution < -0.4 is 5.32 Å².